The fraction of sp³-hybridized carbons (Fsp3) is 0.0500. The van der Waals surface area contributed by atoms with E-state index in [0.29, 0.717) is 28.3 Å². The molecule has 0 bridgehead atoms. The predicted molar refractivity (Wildman–Crippen MR) is 100.0 cm³/mol. The quantitative estimate of drug-likeness (QED) is 0.356. The Labute approximate surface area is 159 Å². The van der Waals surface area contributed by atoms with Crippen molar-refractivity contribution >= 4 is 23.6 Å². The number of para-hydroxylation sites is 1. The van der Waals surface area contributed by atoms with E-state index >= 15 is 0 Å². The summed E-state index contributed by atoms with van der Waals surface area (Å²) < 4.78 is 18.3. The Hall–Kier alpha value is -3.78. The number of carbonyl (C=O) groups is 2. The molecule has 0 aliphatic heterocycles. The normalized spacial score (nSPS) is 10.8. The van der Waals surface area contributed by atoms with Gasteiger partial charge in [-0.25, -0.2) is 9.87 Å². The topological polar surface area (TPSA) is 104 Å². The largest absolute Gasteiger partial charge is 0.360 e. The molecule has 0 atom stereocenters. The highest BCUT2D eigenvalue weighted by atomic mass is 19.1. The van der Waals surface area contributed by atoms with Gasteiger partial charge in [0, 0.05) is 17.3 Å². The number of rotatable bonds is 5. The molecule has 0 radical (unpaired) electrons. The van der Waals surface area contributed by atoms with Gasteiger partial charge in [-0.1, -0.05) is 23.4 Å². The number of hydrogen-bond donors (Lipinski definition) is 3. The average Bonchev–Trinajstić information content (AvgIpc) is 3.09. The molecule has 3 rings (SSSR count). The van der Waals surface area contributed by atoms with Crippen molar-refractivity contribution in [2.24, 2.45) is 0 Å². The molecule has 7 nitrogen and oxygen atoms in total. The minimum atomic E-state index is -0.699. The van der Waals surface area contributed by atoms with Gasteiger partial charge in [-0.2, -0.15) is 0 Å². The summed E-state index contributed by atoms with van der Waals surface area (Å²) in [6, 6.07) is 12.4. The Kier molecular flexibility index (Phi) is 5.61. The number of carbonyl (C=O) groups excluding carboxylic acids is 2. The Morgan fingerprint density at radius 1 is 1.14 bits per heavy atom. The SMILES string of the molecule is Cc1onc(-c2ccc(F)cc2)c1C(=O)Nc1ccccc1C=CC(=O)NO. The number of amides is 2. The Morgan fingerprint density at radius 3 is 2.57 bits per heavy atom. The van der Waals surface area contributed by atoms with E-state index in [1.807, 2.05) is 0 Å². The van der Waals surface area contributed by atoms with Gasteiger partial charge in [-0.15, -0.1) is 0 Å². The van der Waals surface area contributed by atoms with Crippen LogP contribution in [0.5, 0.6) is 0 Å². The lowest BCUT2D eigenvalue weighted by Crippen LogP contribution is -2.15. The number of aryl methyl sites for hydroxylation is 1. The lowest BCUT2D eigenvalue weighted by atomic mass is 10.0. The second-order valence-electron chi connectivity index (χ2n) is 5.82. The number of nitrogens with one attached hydrogen (secondary N) is 2. The van der Waals surface area contributed by atoms with E-state index in [9.17, 15) is 14.0 Å². The first kappa shape index (κ1) is 19.0. The molecule has 142 valence electrons. The highest BCUT2D eigenvalue weighted by Gasteiger charge is 2.22. The van der Waals surface area contributed by atoms with E-state index in [0.717, 1.165) is 6.08 Å². The van der Waals surface area contributed by atoms with Crippen molar-refractivity contribution in [2.45, 2.75) is 6.92 Å². The van der Waals surface area contributed by atoms with Crippen LogP contribution in [0.4, 0.5) is 10.1 Å². The molecule has 1 heterocycles. The van der Waals surface area contributed by atoms with Crippen molar-refractivity contribution in [3.8, 4) is 11.3 Å². The minimum absolute atomic E-state index is 0.221. The van der Waals surface area contributed by atoms with Crippen LogP contribution in [0.25, 0.3) is 17.3 Å². The van der Waals surface area contributed by atoms with E-state index < -0.39 is 17.6 Å². The highest BCUT2D eigenvalue weighted by Crippen LogP contribution is 2.27. The summed E-state index contributed by atoms with van der Waals surface area (Å²) in [7, 11) is 0. The molecule has 0 aliphatic carbocycles. The van der Waals surface area contributed by atoms with Crippen LogP contribution in [0.1, 0.15) is 21.7 Å². The van der Waals surface area contributed by atoms with Crippen molar-refractivity contribution in [1.82, 2.24) is 10.6 Å². The molecule has 3 N–H and O–H groups in total. The predicted octanol–water partition coefficient (Wildman–Crippen LogP) is 3.56. The zero-order valence-electron chi connectivity index (χ0n) is 14.8. The maximum Gasteiger partial charge on any atom is 0.267 e. The summed E-state index contributed by atoms with van der Waals surface area (Å²) >= 11 is 0. The molecule has 2 amide bonds. The van der Waals surface area contributed by atoms with Crippen LogP contribution in [-0.4, -0.2) is 22.2 Å². The minimum Gasteiger partial charge on any atom is -0.360 e. The van der Waals surface area contributed by atoms with Gasteiger partial charge in [0.25, 0.3) is 11.8 Å². The average molecular weight is 381 g/mol. The third kappa shape index (κ3) is 4.13. The first-order chi connectivity index (χ1) is 13.5. The Bertz CT molecular complexity index is 1040. The summed E-state index contributed by atoms with van der Waals surface area (Å²) in [6.45, 7) is 1.60. The maximum absolute atomic E-state index is 13.2. The molecule has 3 aromatic rings. The van der Waals surface area contributed by atoms with Crippen molar-refractivity contribution in [2.75, 3.05) is 5.32 Å². The summed E-state index contributed by atoms with van der Waals surface area (Å²) in [5.74, 6) is -1.26. The standard InChI is InChI=1S/C20H16FN3O4/c1-12-18(19(24-28-12)14-6-9-15(21)10-7-14)20(26)22-16-5-3-2-4-13(16)8-11-17(25)23-27/h2-11,27H,1H3,(H,22,26)(H,23,25). The molecule has 8 heteroatoms. The van der Waals surface area contributed by atoms with Crippen LogP contribution < -0.4 is 10.8 Å². The highest BCUT2D eigenvalue weighted by molar-refractivity contribution is 6.09. The van der Waals surface area contributed by atoms with Crippen molar-refractivity contribution in [1.29, 1.82) is 0 Å². The fourth-order valence-corrected chi connectivity index (χ4v) is 2.59. The summed E-state index contributed by atoms with van der Waals surface area (Å²) in [4.78, 5) is 24.1. The zero-order valence-corrected chi connectivity index (χ0v) is 14.8. The number of aromatic nitrogens is 1. The van der Waals surface area contributed by atoms with Gasteiger partial charge < -0.3 is 9.84 Å². The van der Waals surface area contributed by atoms with E-state index in [-0.39, 0.29) is 5.56 Å². The van der Waals surface area contributed by atoms with E-state index in [1.54, 1.807) is 31.2 Å². The van der Waals surface area contributed by atoms with Crippen LogP contribution in [-0.2, 0) is 4.79 Å². The van der Waals surface area contributed by atoms with Gasteiger partial charge in [0.2, 0.25) is 0 Å². The first-order valence-electron chi connectivity index (χ1n) is 8.24. The number of nitrogens with zero attached hydrogens (tertiary/aromatic N) is 1. The molecule has 0 fully saturated rings. The van der Waals surface area contributed by atoms with Crippen LogP contribution in [0.2, 0.25) is 0 Å². The third-order valence-electron chi connectivity index (χ3n) is 3.94. The van der Waals surface area contributed by atoms with Crippen LogP contribution in [0.15, 0.2) is 59.1 Å². The molecular weight excluding hydrogens is 365 g/mol. The zero-order chi connectivity index (χ0) is 20.1. The lowest BCUT2D eigenvalue weighted by Gasteiger charge is -2.09. The molecule has 0 aliphatic rings. The van der Waals surface area contributed by atoms with Gasteiger partial charge >= 0.3 is 0 Å². The van der Waals surface area contributed by atoms with E-state index in [2.05, 4.69) is 10.5 Å². The number of benzene rings is 2. The maximum atomic E-state index is 13.2. The van der Waals surface area contributed by atoms with Crippen LogP contribution >= 0.6 is 0 Å². The lowest BCUT2D eigenvalue weighted by molar-refractivity contribution is -0.124. The third-order valence-corrected chi connectivity index (χ3v) is 3.94. The molecule has 0 unspecified atom stereocenters. The Balaban J connectivity index is 1.91. The molecule has 0 spiro atoms. The molecule has 0 saturated heterocycles. The number of hydroxylamine groups is 1. The van der Waals surface area contributed by atoms with Gasteiger partial charge in [0.05, 0.1) is 0 Å². The first-order valence-corrected chi connectivity index (χ1v) is 8.24. The van der Waals surface area contributed by atoms with Gasteiger partial charge in [-0.05, 0) is 48.9 Å². The van der Waals surface area contributed by atoms with Gasteiger partial charge in [0.15, 0.2) is 0 Å². The van der Waals surface area contributed by atoms with Crippen molar-refractivity contribution in [3.05, 3.63) is 77.3 Å². The summed E-state index contributed by atoms with van der Waals surface area (Å²) in [6.07, 6.45) is 2.57. The monoisotopic (exact) mass is 381 g/mol. The van der Waals surface area contributed by atoms with Gasteiger partial charge in [0.1, 0.15) is 22.8 Å². The van der Waals surface area contributed by atoms with Crippen LogP contribution in [0.3, 0.4) is 0 Å². The summed E-state index contributed by atoms with van der Waals surface area (Å²) in [5, 5.41) is 15.3. The second-order valence-corrected chi connectivity index (χ2v) is 5.82. The number of anilines is 1. The second kappa shape index (κ2) is 8.28. The Morgan fingerprint density at radius 2 is 1.86 bits per heavy atom. The van der Waals surface area contributed by atoms with E-state index in [1.165, 1.54) is 35.8 Å². The van der Waals surface area contributed by atoms with Crippen LogP contribution in [0, 0.1) is 12.7 Å². The molecule has 2 aromatic carbocycles. The smallest absolute Gasteiger partial charge is 0.267 e. The van der Waals surface area contributed by atoms with Gasteiger partial charge in [-0.3, -0.25) is 14.8 Å². The number of hydrogen-bond acceptors (Lipinski definition) is 5. The van der Waals surface area contributed by atoms with E-state index in [4.69, 9.17) is 9.73 Å². The fourth-order valence-electron chi connectivity index (χ4n) is 2.59. The van der Waals surface area contributed by atoms with Crippen molar-refractivity contribution < 1.29 is 23.7 Å². The summed E-state index contributed by atoms with van der Waals surface area (Å²) in [5.41, 5.74) is 3.54. The number of halogens is 1. The molecule has 1 aromatic heterocycles. The molecule has 0 saturated carbocycles. The van der Waals surface area contributed by atoms with Crippen molar-refractivity contribution in [3.63, 3.8) is 0 Å². The molecule has 28 heavy (non-hydrogen) atoms. The molecular formula is C20H16FN3O4.